The molecule has 82 valence electrons. The second kappa shape index (κ2) is 5.38. The van der Waals surface area contributed by atoms with E-state index in [9.17, 15) is 0 Å². The van der Waals surface area contributed by atoms with Crippen LogP contribution in [0.5, 0.6) is 0 Å². The summed E-state index contributed by atoms with van der Waals surface area (Å²) in [6, 6.07) is 0.909. The van der Waals surface area contributed by atoms with E-state index >= 15 is 0 Å². The highest BCUT2D eigenvalue weighted by Gasteiger charge is 2.25. The van der Waals surface area contributed by atoms with Crippen LogP contribution in [0.4, 0.5) is 0 Å². The van der Waals surface area contributed by atoms with E-state index < -0.39 is 0 Å². The number of piperidine rings is 1. The number of nitrogens with zero attached hydrogens (tertiary/aromatic N) is 2. The van der Waals surface area contributed by atoms with Gasteiger partial charge in [-0.05, 0) is 38.8 Å². The van der Waals surface area contributed by atoms with Gasteiger partial charge in [-0.25, -0.2) is 0 Å². The van der Waals surface area contributed by atoms with Crippen LogP contribution in [0.25, 0.3) is 0 Å². The molecule has 2 saturated heterocycles. The average Bonchev–Trinajstić information content (AvgIpc) is 2.72. The molecular formula is C11H22N2S. The Morgan fingerprint density at radius 2 is 1.71 bits per heavy atom. The van der Waals surface area contributed by atoms with Crippen LogP contribution < -0.4 is 0 Å². The summed E-state index contributed by atoms with van der Waals surface area (Å²) in [7, 11) is 0. The van der Waals surface area contributed by atoms with Gasteiger partial charge in [-0.2, -0.15) is 0 Å². The van der Waals surface area contributed by atoms with Gasteiger partial charge < -0.3 is 4.90 Å². The Bertz CT molecular complexity index is 161. The molecule has 2 aliphatic rings. The Kier molecular flexibility index (Phi) is 4.14. The van der Waals surface area contributed by atoms with Crippen molar-refractivity contribution in [2.45, 2.75) is 38.6 Å². The molecule has 0 bridgehead atoms. The molecule has 2 heterocycles. The molecule has 2 fully saturated rings. The van der Waals surface area contributed by atoms with Crippen molar-refractivity contribution >= 4 is 11.9 Å². The zero-order valence-corrected chi connectivity index (χ0v) is 10.1. The minimum atomic E-state index is 0.909. The van der Waals surface area contributed by atoms with Gasteiger partial charge in [0.25, 0.3) is 0 Å². The molecule has 0 saturated carbocycles. The van der Waals surface area contributed by atoms with Crippen molar-refractivity contribution in [3.05, 3.63) is 0 Å². The normalized spacial score (nSPS) is 27.2. The van der Waals surface area contributed by atoms with Gasteiger partial charge in [0.05, 0.1) is 0 Å². The number of hydrogen-bond acceptors (Lipinski definition) is 3. The van der Waals surface area contributed by atoms with Gasteiger partial charge >= 0.3 is 0 Å². The van der Waals surface area contributed by atoms with Crippen LogP contribution >= 0.6 is 11.9 Å². The molecule has 0 spiro atoms. The summed E-state index contributed by atoms with van der Waals surface area (Å²) in [6.45, 7) is 7.59. The summed E-state index contributed by atoms with van der Waals surface area (Å²) in [5, 5.41) is 0. The maximum atomic E-state index is 2.72. The first-order valence-electron chi connectivity index (χ1n) is 6.02. The van der Waals surface area contributed by atoms with Gasteiger partial charge in [-0.15, -0.1) is 0 Å². The summed E-state index contributed by atoms with van der Waals surface area (Å²) >= 11 is 2.01. The molecule has 0 N–H and O–H groups in total. The first-order valence-corrected chi connectivity index (χ1v) is 6.96. The lowest BCUT2D eigenvalue weighted by molar-refractivity contribution is 0.173. The Labute approximate surface area is 92.2 Å². The van der Waals surface area contributed by atoms with E-state index in [2.05, 4.69) is 16.1 Å². The predicted octanol–water partition coefficient (Wildman–Crippen LogP) is 2.21. The molecule has 0 amide bonds. The van der Waals surface area contributed by atoms with Crippen molar-refractivity contribution in [1.82, 2.24) is 9.21 Å². The van der Waals surface area contributed by atoms with E-state index in [-0.39, 0.29) is 0 Å². The molecule has 3 heteroatoms. The number of hydrogen-bond donors (Lipinski definition) is 0. The molecule has 0 radical (unpaired) electrons. The fourth-order valence-electron chi connectivity index (χ4n) is 2.63. The van der Waals surface area contributed by atoms with Gasteiger partial charge in [0, 0.05) is 24.9 Å². The van der Waals surface area contributed by atoms with E-state index in [1.54, 1.807) is 0 Å². The second-order valence-corrected chi connectivity index (χ2v) is 5.67. The lowest BCUT2D eigenvalue weighted by Crippen LogP contribution is -2.41. The summed E-state index contributed by atoms with van der Waals surface area (Å²) in [5.74, 6) is 1.23. The molecule has 0 unspecified atom stereocenters. The van der Waals surface area contributed by atoms with Crippen molar-refractivity contribution < 1.29 is 0 Å². The largest absolute Gasteiger partial charge is 0.300 e. The van der Waals surface area contributed by atoms with Gasteiger partial charge in [-0.3, -0.25) is 4.31 Å². The highest BCUT2D eigenvalue weighted by molar-refractivity contribution is 7.96. The van der Waals surface area contributed by atoms with Gasteiger partial charge in [0.1, 0.15) is 0 Å². The minimum absolute atomic E-state index is 0.909. The molecule has 14 heavy (non-hydrogen) atoms. The Balaban J connectivity index is 1.72. The zero-order chi connectivity index (χ0) is 9.80. The van der Waals surface area contributed by atoms with Crippen LogP contribution in [-0.4, -0.2) is 47.2 Å². The van der Waals surface area contributed by atoms with Crippen molar-refractivity contribution in [3.63, 3.8) is 0 Å². The fraction of sp³-hybridized carbons (Fsp3) is 1.00. The quantitative estimate of drug-likeness (QED) is 0.665. The second-order valence-electron chi connectivity index (χ2n) is 4.32. The molecular weight excluding hydrogens is 192 g/mol. The highest BCUT2D eigenvalue weighted by Crippen LogP contribution is 2.24. The van der Waals surface area contributed by atoms with Gasteiger partial charge in [0.15, 0.2) is 0 Å². The van der Waals surface area contributed by atoms with E-state index in [4.69, 9.17) is 0 Å². The van der Waals surface area contributed by atoms with Gasteiger partial charge in [0.2, 0.25) is 0 Å². The lowest BCUT2D eigenvalue weighted by atomic mass is 10.1. The first kappa shape index (κ1) is 10.8. The third kappa shape index (κ3) is 2.65. The first-order chi connectivity index (χ1) is 6.90. The highest BCUT2D eigenvalue weighted by atomic mass is 32.2. The van der Waals surface area contributed by atoms with Crippen molar-refractivity contribution in [2.24, 2.45) is 0 Å². The SMILES string of the molecule is CCSN1CCC(N2CCCC2)CC1. The molecule has 0 aliphatic carbocycles. The molecule has 2 nitrogen and oxygen atoms in total. The number of likely N-dealkylation sites (tertiary alicyclic amines) is 1. The summed E-state index contributed by atoms with van der Waals surface area (Å²) in [4.78, 5) is 2.72. The Morgan fingerprint density at radius 3 is 2.29 bits per heavy atom. The van der Waals surface area contributed by atoms with Crippen LogP contribution in [0.2, 0.25) is 0 Å². The van der Waals surface area contributed by atoms with Crippen LogP contribution in [0.1, 0.15) is 32.6 Å². The summed E-state index contributed by atoms with van der Waals surface area (Å²) < 4.78 is 2.55. The third-order valence-electron chi connectivity index (χ3n) is 3.39. The lowest BCUT2D eigenvalue weighted by Gasteiger charge is -2.35. The molecule has 0 aromatic carbocycles. The topological polar surface area (TPSA) is 6.48 Å². The van der Waals surface area contributed by atoms with E-state index in [0.29, 0.717) is 0 Å². The molecule has 2 rings (SSSR count). The molecule has 0 atom stereocenters. The van der Waals surface area contributed by atoms with Gasteiger partial charge in [-0.1, -0.05) is 18.9 Å². The third-order valence-corrected chi connectivity index (χ3v) is 4.38. The molecule has 0 aromatic heterocycles. The zero-order valence-electron chi connectivity index (χ0n) is 9.24. The monoisotopic (exact) mass is 214 g/mol. The maximum Gasteiger partial charge on any atom is 0.0120 e. The Hall–Kier alpha value is 0.270. The average molecular weight is 214 g/mol. The Morgan fingerprint density at radius 1 is 1.07 bits per heavy atom. The summed E-state index contributed by atoms with van der Waals surface area (Å²) in [6.07, 6.45) is 5.66. The van der Waals surface area contributed by atoms with Crippen molar-refractivity contribution in [1.29, 1.82) is 0 Å². The number of rotatable bonds is 3. The standard InChI is InChI=1S/C11H22N2S/c1-2-14-13-9-5-11(6-10-13)12-7-3-4-8-12/h11H,2-10H2,1H3. The maximum absolute atomic E-state index is 2.72. The van der Waals surface area contributed by atoms with Crippen LogP contribution in [-0.2, 0) is 0 Å². The van der Waals surface area contributed by atoms with Crippen LogP contribution in [0, 0.1) is 0 Å². The molecule has 2 aliphatic heterocycles. The van der Waals surface area contributed by atoms with E-state index in [0.717, 1.165) is 6.04 Å². The fourth-order valence-corrected chi connectivity index (χ4v) is 3.46. The summed E-state index contributed by atoms with van der Waals surface area (Å²) in [5.41, 5.74) is 0. The van der Waals surface area contributed by atoms with Crippen molar-refractivity contribution in [3.8, 4) is 0 Å². The van der Waals surface area contributed by atoms with Crippen LogP contribution in [0.3, 0.4) is 0 Å². The molecule has 0 aromatic rings. The minimum Gasteiger partial charge on any atom is -0.300 e. The smallest absolute Gasteiger partial charge is 0.0120 e. The van der Waals surface area contributed by atoms with E-state index in [1.165, 1.54) is 57.6 Å². The van der Waals surface area contributed by atoms with Crippen molar-refractivity contribution in [2.75, 3.05) is 31.9 Å². The van der Waals surface area contributed by atoms with E-state index in [1.807, 2.05) is 11.9 Å². The van der Waals surface area contributed by atoms with Crippen LogP contribution in [0.15, 0.2) is 0 Å². The predicted molar refractivity (Wildman–Crippen MR) is 63.5 cm³/mol.